The summed E-state index contributed by atoms with van der Waals surface area (Å²) in [4.78, 5) is 38.2. The second-order valence-corrected chi connectivity index (χ2v) is 7.95. The Kier molecular flexibility index (Phi) is 7.87. The maximum Gasteiger partial charge on any atom is 0.344 e. The van der Waals surface area contributed by atoms with Gasteiger partial charge < -0.3 is 19.7 Å². The van der Waals surface area contributed by atoms with E-state index in [2.05, 4.69) is 19.2 Å². The Hall–Kier alpha value is -3.35. The summed E-state index contributed by atoms with van der Waals surface area (Å²) in [5.41, 5.74) is 2.58. The average molecular weight is 439 g/mol. The van der Waals surface area contributed by atoms with E-state index in [1.165, 1.54) is 6.92 Å². The van der Waals surface area contributed by atoms with Gasteiger partial charge in [-0.05, 0) is 61.6 Å². The van der Waals surface area contributed by atoms with Crippen LogP contribution < -0.4 is 15.0 Å². The van der Waals surface area contributed by atoms with E-state index in [1.54, 1.807) is 29.2 Å². The van der Waals surface area contributed by atoms with E-state index in [1.807, 2.05) is 24.3 Å². The minimum Gasteiger partial charge on any atom is -0.482 e. The number of para-hydroxylation sites is 1. The predicted molar refractivity (Wildman–Crippen MR) is 123 cm³/mol. The standard InChI is InChI=1S/C25H30N2O5/c1-4-17(2)21-8-5-6-9-22(21)26-25(30)18(3)32-24(29)16-31-20-13-11-19(12-14-20)27-15-7-10-23(27)28/h5-6,8-9,11-14,17-18H,4,7,10,15-16H2,1-3H3,(H,26,30). The van der Waals surface area contributed by atoms with Crippen molar-refractivity contribution in [3.05, 3.63) is 54.1 Å². The number of esters is 1. The summed E-state index contributed by atoms with van der Waals surface area (Å²) in [6, 6.07) is 14.6. The molecule has 1 N–H and O–H groups in total. The molecule has 2 amide bonds. The van der Waals surface area contributed by atoms with Crippen molar-refractivity contribution in [2.75, 3.05) is 23.4 Å². The lowest BCUT2D eigenvalue weighted by atomic mass is 9.97. The molecule has 32 heavy (non-hydrogen) atoms. The molecule has 2 aromatic carbocycles. The Labute approximate surface area is 188 Å². The molecule has 2 atom stereocenters. The summed E-state index contributed by atoms with van der Waals surface area (Å²) in [5, 5.41) is 2.85. The van der Waals surface area contributed by atoms with Crippen molar-refractivity contribution in [3.8, 4) is 5.75 Å². The van der Waals surface area contributed by atoms with Gasteiger partial charge in [0, 0.05) is 24.3 Å². The van der Waals surface area contributed by atoms with Crippen LogP contribution in [-0.4, -0.2) is 37.0 Å². The zero-order valence-corrected chi connectivity index (χ0v) is 18.8. The zero-order valence-electron chi connectivity index (χ0n) is 18.8. The summed E-state index contributed by atoms with van der Waals surface area (Å²) in [6.45, 7) is 6.12. The van der Waals surface area contributed by atoms with Gasteiger partial charge in [-0.3, -0.25) is 9.59 Å². The van der Waals surface area contributed by atoms with Gasteiger partial charge in [0.05, 0.1) is 0 Å². The zero-order chi connectivity index (χ0) is 23.1. The van der Waals surface area contributed by atoms with Crippen LogP contribution in [0, 0.1) is 0 Å². The monoisotopic (exact) mass is 438 g/mol. The molecule has 0 spiro atoms. The van der Waals surface area contributed by atoms with E-state index in [0.29, 0.717) is 24.6 Å². The maximum absolute atomic E-state index is 12.5. The van der Waals surface area contributed by atoms with Crippen molar-refractivity contribution in [3.63, 3.8) is 0 Å². The van der Waals surface area contributed by atoms with Crippen LogP contribution >= 0.6 is 0 Å². The van der Waals surface area contributed by atoms with E-state index >= 15 is 0 Å². The second kappa shape index (κ2) is 10.8. The number of hydrogen-bond donors (Lipinski definition) is 1. The first-order valence-corrected chi connectivity index (χ1v) is 11.0. The van der Waals surface area contributed by atoms with Crippen LogP contribution in [0.1, 0.15) is 51.5 Å². The van der Waals surface area contributed by atoms with Crippen LogP contribution in [0.5, 0.6) is 5.75 Å². The summed E-state index contributed by atoms with van der Waals surface area (Å²) < 4.78 is 10.7. The second-order valence-electron chi connectivity index (χ2n) is 7.95. The van der Waals surface area contributed by atoms with Crippen molar-refractivity contribution < 1.29 is 23.9 Å². The third-order valence-corrected chi connectivity index (χ3v) is 5.62. The lowest BCUT2D eigenvalue weighted by molar-refractivity contribution is -0.155. The number of anilines is 2. The van der Waals surface area contributed by atoms with Gasteiger partial charge in [-0.1, -0.05) is 32.0 Å². The fourth-order valence-corrected chi connectivity index (χ4v) is 3.57. The fraction of sp³-hybridized carbons (Fsp3) is 0.400. The van der Waals surface area contributed by atoms with Crippen LogP contribution in [0.4, 0.5) is 11.4 Å². The highest BCUT2D eigenvalue weighted by molar-refractivity contribution is 5.96. The molecule has 1 fully saturated rings. The Balaban J connectivity index is 1.48. The largest absolute Gasteiger partial charge is 0.482 e. The first kappa shape index (κ1) is 23.3. The van der Waals surface area contributed by atoms with Crippen LogP contribution in [-0.2, 0) is 19.1 Å². The number of ether oxygens (including phenoxy) is 2. The van der Waals surface area contributed by atoms with E-state index < -0.39 is 18.0 Å². The van der Waals surface area contributed by atoms with Crippen molar-refractivity contribution in [1.82, 2.24) is 0 Å². The molecule has 170 valence electrons. The van der Waals surface area contributed by atoms with Crippen molar-refractivity contribution >= 4 is 29.2 Å². The molecular weight excluding hydrogens is 408 g/mol. The number of hydrogen-bond acceptors (Lipinski definition) is 5. The third-order valence-electron chi connectivity index (χ3n) is 5.62. The number of nitrogens with one attached hydrogen (secondary N) is 1. The Morgan fingerprint density at radius 2 is 1.81 bits per heavy atom. The van der Waals surface area contributed by atoms with Gasteiger partial charge in [0.2, 0.25) is 5.91 Å². The minimum absolute atomic E-state index is 0.112. The van der Waals surface area contributed by atoms with Gasteiger partial charge in [-0.15, -0.1) is 0 Å². The molecule has 7 nitrogen and oxygen atoms in total. The average Bonchev–Trinajstić information content (AvgIpc) is 3.23. The summed E-state index contributed by atoms with van der Waals surface area (Å²) in [6.07, 6.45) is 1.42. The Morgan fingerprint density at radius 3 is 2.47 bits per heavy atom. The van der Waals surface area contributed by atoms with E-state index in [4.69, 9.17) is 9.47 Å². The van der Waals surface area contributed by atoms with Crippen LogP contribution in [0.3, 0.4) is 0 Å². The highest BCUT2D eigenvalue weighted by atomic mass is 16.6. The third kappa shape index (κ3) is 5.87. The highest BCUT2D eigenvalue weighted by Gasteiger charge is 2.22. The molecule has 0 aromatic heterocycles. The molecule has 1 aliphatic heterocycles. The highest BCUT2D eigenvalue weighted by Crippen LogP contribution is 2.27. The molecule has 2 aromatic rings. The van der Waals surface area contributed by atoms with Crippen LogP contribution in [0.15, 0.2) is 48.5 Å². The molecule has 7 heteroatoms. The summed E-state index contributed by atoms with van der Waals surface area (Å²) in [7, 11) is 0. The quantitative estimate of drug-likeness (QED) is 0.591. The first-order valence-electron chi connectivity index (χ1n) is 11.0. The lowest BCUT2D eigenvalue weighted by Gasteiger charge is -2.18. The number of rotatable bonds is 9. The summed E-state index contributed by atoms with van der Waals surface area (Å²) in [5.74, 6) is -0.138. The molecule has 3 rings (SSSR count). The van der Waals surface area contributed by atoms with Crippen LogP contribution in [0.2, 0.25) is 0 Å². The SMILES string of the molecule is CCC(C)c1ccccc1NC(=O)C(C)OC(=O)COc1ccc(N2CCCC2=O)cc1. The van der Waals surface area contributed by atoms with Gasteiger partial charge in [0.15, 0.2) is 12.7 Å². The fourth-order valence-electron chi connectivity index (χ4n) is 3.57. The van der Waals surface area contributed by atoms with Gasteiger partial charge in [0.1, 0.15) is 5.75 Å². The van der Waals surface area contributed by atoms with E-state index in [9.17, 15) is 14.4 Å². The summed E-state index contributed by atoms with van der Waals surface area (Å²) >= 11 is 0. The number of amides is 2. The van der Waals surface area contributed by atoms with Gasteiger partial charge in [-0.25, -0.2) is 4.79 Å². The van der Waals surface area contributed by atoms with Gasteiger partial charge >= 0.3 is 5.97 Å². The van der Waals surface area contributed by atoms with Gasteiger partial charge in [-0.2, -0.15) is 0 Å². The van der Waals surface area contributed by atoms with Crippen molar-refractivity contribution in [2.24, 2.45) is 0 Å². The van der Waals surface area contributed by atoms with Gasteiger partial charge in [0.25, 0.3) is 5.91 Å². The number of carbonyl (C=O) groups excluding carboxylic acids is 3. The van der Waals surface area contributed by atoms with Crippen molar-refractivity contribution in [1.29, 1.82) is 0 Å². The molecule has 0 saturated carbocycles. The van der Waals surface area contributed by atoms with Crippen molar-refractivity contribution in [2.45, 2.75) is 52.1 Å². The Morgan fingerprint density at radius 1 is 1.09 bits per heavy atom. The van der Waals surface area contributed by atoms with Crippen LogP contribution in [0.25, 0.3) is 0 Å². The van der Waals surface area contributed by atoms with E-state index in [0.717, 1.165) is 29.8 Å². The molecule has 0 radical (unpaired) electrons. The smallest absolute Gasteiger partial charge is 0.344 e. The molecular formula is C25H30N2O5. The van der Waals surface area contributed by atoms with E-state index in [-0.39, 0.29) is 12.5 Å². The normalized spacial score (nSPS) is 15.2. The molecule has 1 saturated heterocycles. The molecule has 1 aliphatic rings. The molecule has 1 heterocycles. The topological polar surface area (TPSA) is 84.9 Å². The Bertz CT molecular complexity index is 957. The lowest BCUT2D eigenvalue weighted by Crippen LogP contribution is -2.32. The number of benzene rings is 2. The number of nitrogens with zero attached hydrogens (tertiary/aromatic N) is 1. The maximum atomic E-state index is 12.5. The number of carbonyl (C=O) groups is 3. The predicted octanol–water partition coefficient (Wildman–Crippen LogP) is 4.28. The molecule has 0 aliphatic carbocycles. The first-order chi connectivity index (χ1) is 15.4. The molecule has 2 unspecified atom stereocenters. The minimum atomic E-state index is -0.959. The molecule has 0 bridgehead atoms.